The predicted molar refractivity (Wildman–Crippen MR) is 92.1 cm³/mol. The molecule has 2 nitrogen and oxygen atoms in total. The van der Waals surface area contributed by atoms with Crippen LogP contribution in [-0.2, 0) is 0 Å². The molecule has 21 heavy (non-hydrogen) atoms. The van der Waals surface area contributed by atoms with Crippen molar-refractivity contribution in [1.82, 2.24) is 0 Å². The number of hydrogen-bond donors (Lipinski definition) is 0. The minimum Gasteiger partial charge on any atom is -0.493 e. The first-order valence-corrected chi connectivity index (χ1v) is 8.48. The standard InChI is InChI=1S/C15H12Br3FO2/c1-20-13-6-10(12(19)7-14(13)21-2)15(18)9-5-8(16)3-4-11(9)17/h3-7,15H,1-2H3. The van der Waals surface area contributed by atoms with Crippen LogP contribution in [0.4, 0.5) is 4.39 Å². The van der Waals surface area contributed by atoms with Crippen LogP contribution < -0.4 is 9.47 Å². The lowest BCUT2D eigenvalue weighted by atomic mass is 10.0. The number of halogens is 4. The molecular weight excluding hydrogens is 471 g/mol. The molecule has 0 amide bonds. The summed E-state index contributed by atoms with van der Waals surface area (Å²) in [7, 11) is 3.01. The topological polar surface area (TPSA) is 18.5 Å². The highest BCUT2D eigenvalue weighted by Crippen LogP contribution is 2.41. The Morgan fingerprint density at radius 3 is 2.19 bits per heavy atom. The Bertz CT molecular complexity index is 662. The smallest absolute Gasteiger partial charge is 0.163 e. The second-order valence-electron chi connectivity index (χ2n) is 4.26. The molecular formula is C15H12Br3FO2. The molecule has 0 aliphatic carbocycles. The Morgan fingerprint density at radius 1 is 0.952 bits per heavy atom. The van der Waals surface area contributed by atoms with Crippen LogP contribution in [0.25, 0.3) is 0 Å². The minimum absolute atomic E-state index is 0.316. The van der Waals surface area contributed by atoms with Crippen molar-refractivity contribution in [3.8, 4) is 11.5 Å². The Kier molecular flexibility index (Phi) is 5.68. The number of ether oxygens (including phenoxy) is 2. The second-order valence-corrected chi connectivity index (χ2v) is 6.94. The Labute approximate surface area is 148 Å². The van der Waals surface area contributed by atoms with E-state index in [9.17, 15) is 4.39 Å². The first-order valence-electron chi connectivity index (χ1n) is 5.98. The molecule has 2 rings (SSSR count). The van der Waals surface area contributed by atoms with Gasteiger partial charge in [-0.15, -0.1) is 0 Å². The van der Waals surface area contributed by atoms with Gasteiger partial charge < -0.3 is 9.47 Å². The van der Waals surface area contributed by atoms with Crippen molar-refractivity contribution in [2.24, 2.45) is 0 Å². The van der Waals surface area contributed by atoms with E-state index in [1.807, 2.05) is 18.2 Å². The van der Waals surface area contributed by atoms with E-state index in [4.69, 9.17) is 9.47 Å². The fourth-order valence-corrected chi connectivity index (χ4v) is 3.83. The zero-order valence-electron chi connectivity index (χ0n) is 11.3. The summed E-state index contributed by atoms with van der Waals surface area (Å²) in [6, 6.07) is 8.72. The molecule has 0 N–H and O–H groups in total. The average Bonchev–Trinajstić information content (AvgIpc) is 2.48. The molecule has 0 bridgehead atoms. The van der Waals surface area contributed by atoms with Crippen LogP contribution in [0.1, 0.15) is 16.0 Å². The molecule has 0 radical (unpaired) electrons. The summed E-state index contributed by atoms with van der Waals surface area (Å²) in [4.78, 5) is -0.316. The molecule has 2 aromatic carbocycles. The van der Waals surface area contributed by atoms with Crippen LogP contribution in [0.5, 0.6) is 11.5 Å². The van der Waals surface area contributed by atoms with E-state index in [0.717, 1.165) is 14.5 Å². The summed E-state index contributed by atoms with van der Waals surface area (Å²) in [5.74, 6) is 0.498. The van der Waals surface area contributed by atoms with Gasteiger partial charge in [-0.05, 0) is 29.8 Å². The van der Waals surface area contributed by atoms with Gasteiger partial charge in [0.15, 0.2) is 11.5 Å². The molecule has 6 heteroatoms. The molecule has 1 unspecified atom stereocenters. The first-order chi connectivity index (χ1) is 9.97. The van der Waals surface area contributed by atoms with Crippen molar-refractivity contribution < 1.29 is 13.9 Å². The molecule has 0 saturated carbocycles. The van der Waals surface area contributed by atoms with Crippen LogP contribution in [0.15, 0.2) is 39.3 Å². The van der Waals surface area contributed by atoms with Crippen molar-refractivity contribution in [3.63, 3.8) is 0 Å². The third kappa shape index (κ3) is 3.60. The molecule has 0 aliphatic rings. The Morgan fingerprint density at radius 2 is 1.57 bits per heavy atom. The summed E-state index contributed by atoms with van der Waals surface area (Å²) >= 11 is 10.5. The SMILES string of the molecule is COc1cc(F)c(C(Br)c2cc(Br)ccc2Br)cc1OC. The van der Waals surface area contributed by atoms with Gasteiger partial charge in [-0.3, -0.25) is 0 Å². The molecule has 1 atom stereocenters. The van der Waals surface area contributed by atoms with Crippen LogP contribution in [-0.4, -0.2) is 14.2 Å². The van der Waals surface area contributed by atoms with E-state index in [0.29, 0.717) is 17.1 Å². The molecule has 0 aromatic heterocycles. The van der Waals surface area contributed by atoms with E-state index in [1.54, 1.807) is 6.07 Å². The lowest BCUT2D eigenvalue weighted by Gasteiger charge is -2.16. The first kappa shape index (κ1) is 16.8. The van der Waals surface area contributed by atoms with E-state index in [1.165, 1.54) is 20.3 Å². The molecule has 0 spiro atoms. The van der Waals surface area contributed by atoms with Crippen molar-refractivity contribution in [3.05, 3.63) is 56.2 Å². The maximum atomic E-state index is 14.3. The van der Waals surface area contributed by atoms with Crippen LogP contribution in [0, 0.1) is 5.82 Å². The summed E-state index contributed by atoms with van der Waals surface area (Å²) in [5, 5.41) is 0. The maximum Gasteiger partial charge on any atom is 0.163 e. The van der Waals surface area contributed by atoms with Crippen LogP contribution in [0.3, 0.4) is 0 Å². The van der Waals surface area contributed by atoms with Gasteiger partial charge >= 0.3 is 0 Å². The fraction of sp³-hybridized carbons (Fsp3) is 0.200. The summed E-state index contributed by atoms with van der Waals surface area (Å²) in [6.07, 6.45) is 0. The Hall–Kier alpha value is -0.590. The Balaban J connectivity index is 2.52. The third-order valence-corrected chi connectivity index (χ3v) is 5.21. The third-order valence-electron chi connectivity index (χ3n) is 3.01. The van der Waals surface area contributed by atoms with Crippen molar-refractivity contribution >= 4 is 47.8 Å². The molecule has 112 valence electrons. The number of methoxy groups -OCH3 is 2. The van der Waals surface area contributed by atoms with E-state index in [-0.39, 0.29) is 10.6 Å². The van der Waals surface area contributed by atoms with Gasteiger partial charge in [0.2, 0.25) is 0 Å². The largest absolute Gasteiger partial charge is 0.493 e. The van der Waals surface area contributed by atoms with Gasteiger partial charge in [0.25, 0.3) is 0 Å². The van der Waals surface area contributed by atoms with E-state index < -0.39 is 0 Å². The molecule has 2 aromatic rings. The highest BCUT2D eigenvalue weighted by atomic mass is 79.9. The molecule has 0 fully saturated rings. The number of alkyl halides is 1. The zero-order valence-corrected chi connectivity index (χ0v) is 16.1. The average molecular weight is 483 g/mol. The van der Waals surface area contributed by atoms with Crippen LogP contribution >= 0.6 is 47.8 Å². The second kappa shape index (κ2) is 7.11. The molecule has 0 aliphatic heterocycles. The van der Waals surface area contributed by atoms with Gasteiger partial charge in [0.1, 0.15) is 5.82 Å². The van der Waals surface area contributed by atoms with Crippen molar-refractivity contribution in [1.29, 1.82) is 0 Å². The predicted octanol–water partition coefficient (Wildman–Crippen LogP) is 5.85. The van der Waals surface area contributed by atoms with E-state index in [2.05, 4.69) is 47.8 Å². The summed E-state index contributed by atoms with van der Waals surface area (Å²) < 4.78 is 26.5. The minimum atomic E-state index is -0.360. The monoisotopic (exact) mass is 480 g/mol. The zero-order chi connectivity index (χ0) is 15.6. The van der Waals surface area contributed by atoms with Gasteiger partial charge in [-0.2, -0.15) is 0 Å². The number of hydrogen-bond acceptors (Lipinski definition) is 2. The highest BCUT2D eigenvalue weighted by Gasteiger charge is 2.20. The molecule has 0 heterocycles. The summed E-state index contributed by atoms with van der Waals surface area (Å²) in [6.45, 7) is 0. The quantitative estimate of drug-likeness (QED) is 0.509. The highest BCUT2D eigenvalue weighted by molar-refractivity contribution is 9.11. The van der Waals surface area contributed by atoms with Gasteiger partial charge in [-0.1, -0.05) is 47.8 Å². The normalized spacial score (nSPS) is 12.1. The summed E-state index contributed by atoms with van der Waals surface area (Å²) in [5.41, 5.74) is 1.39. The number of rotatable bonds is 4. The van der Waals surface area contributed by atoms with Gasteiger partial charge in [0.05, 0.1) is 19.0 Å². The van der Waals surface area contributed by atoms with Crippen molar-refractivity contribution in [2.75, 3.05) is 14.2 Å². The lowest BCUT2D eigenvalue weighted by molar-refractivity contribution is 0.351. The fourth-order valence-electron chi connectivity index (χ4n) is 1.94. The van der Waals surface area contributed by atoms with Gasteiger partial charge in [-0.25, -0.2) is 4.39 Å². The lowest BCUT2D eigenvalue weighted by Crippen LogP contribution is -2.01. The van der Waals surface area contributed by atoms with Gasteiger partial charge in [0, 0.05) is 20.6 Å². The van der Waals surface area contributed by atoms with E-state index >= 15 is 0 Å². The number of benzene rings is 2. The van der Waals surface area contributed by atoms with Crippen LogP contribution in [0.2, 0.25) is 0 Å². The molecule has 0 saturated heterocycles. The maximum absolute atomic E-state index is 14.3. The van der Waals surface area contributed by atoms with Crippen molar-refractivity contribution in [2.45, 2.75) is 4.83 Å².